The average Bonchev–Trinajstić information content (AvgIpc) is 2.72. The zero-order valence-corrected chi connectivity index (χ0v) is 15.7. The first-order valence-electron chi connectivity index (χ1n) is 8.87. The van der Waals surface area contributed by atoms with Crippen LogP contribution in [0.5, 0.6) is 5.75 Å². The summed E-state index contributed by atoms with van der Waals surface area (Å²) in [5.74, 6) is -0.239. The molecule has 0 aliphatic rings. The number of hydrogen-bond donors (Lipinski definition) is 1. The normalized spacial score (nSPS) is 11.9. The van der Waals surface area contributed by atoms with Gasteiger partial charge in [-0.25, -0.2) is 4.79 Å². The molecule has 1 atom stereocenters. The van der Waals surface area contributed by atoms with Crippen molar-refractivity contribution >= 4 is 34.4 Å². The zero-order chi connectivity index (χ0) is 19.9. The van der Waals surface area contributed by atoms with Crippen LogP contribution in [0.25, 0.3) is 16.8 Å². The first kappa shape index (κ1) is 19.2. The number of esters is 1. The number of benzene rings is 3. The second-order valence-corrected chi connectivity index (χ2v) is 6.24. The highest BCUT2D eigenvalue weighted by molar-refractivity contribution is 5.98. The molecule has 0 fully saturated rings. The van der Waals surface area contributed by atoms with E-state index >= 15 is 0 Å². The Morgan fingerprint density at radius 1 is 0.964 bits per heavy atom. The second kappa shape index (κ2) is 8.86. The van der Waals surface area contributed by atoms with Crippen molar-refractivity contribution in [2.24, 2.45) is 0 Å². The van der Waals surface area contributed by atoms with Gasteiger partial charge < -0.3 is 14.8 Å². The number of ether oxygens (including phenoxy) is 2. The van der Waals surface area contributed by atoms with Crippen molar-refractivity contribution in [3.8, 4) is 5.75 Å². The Hall–Kier alpha value is -3.60. The Morgan fingerprint density at radius 2 is 1.68 bits per heavy atom. The van der Waals surface area contributed by atoms with Gasteiger partial charge in [0, 0.05) is 11.8 Å². The van der Waals surface area contributed by atoms with E-state index in [1.807, 2.05) is 54.6 Å². The fourth-order valence-corrected chi connectivity index (χ4v) is 2.66. The number of nitrogens with one attached hydrogen (secondary N) is 1. The number of carbonyl (C=O) groups excluding carboxylic acids is 2. The standard InChI is InChI=1S/C23H21NO4/c1-16(28-22(25)14-9-17-7-12-21(27-2)13-8-17)23(26)24-20-11-10-18-5-3-4-6-19(18)15-20/h3-16H,1-2H3,(H,24,26)/b14-9+/t16-/m1/s1. The smallest absolute Gasteiger partial charge is 0.331 e. The third kappa shape index (κ3) is 4.98. The minimum absolute atomic E-state index is 0.388. The van der Waals surface area contributed by atoms with Crippen molar-refractivity contribution < 1.29 is 19.1 Å². The molecule has 0 aliphatic heterocycles. The van der Waals surface area contributed by atoms with Crippen molar-refractivity contribution in [2.45, 2.75) is 13.0 Å². The molecular weight excluding hydrogens is 354 g/mol. The van der Waals surface area contributed by atoms with Gasteiger partial charge in [-0.1, -0.05) is 42.5 Å². The van der Waals surface area contributed by atoms with Crippen LogP contribution in [0.15, 0.2) is 72.8 Å². The van der Waals surface area contributed by atoms with E-state index in [0.717, 1.165) is 22.1 Å². The van der Waals surface area contributed by atoms with Gasteiger partial charge in [-0.2, -0.15) is 0 Å². The van der Waals surface area contributed by atoms with E-state index in [1.54, 1.807) is 25.3 Å². The van der Waals surface area contributed by atoms with E-state index in [2.05, 4.69) is 5.32 Å². The Morgan fingerprint density at radius 3 is 2.39 bits per heavy atom. The van der Waals surface area contributed by atoms with Gasteiger partial charge in [0.25, 0.3) is 5.91 Å². The highest BCUT2D eigenvalue weighted by Crippen LogP contribution is 2.19. The van der Waals surface area contributed by atoms with E-state index in [9.17, 15) is 9.59 Å². The van der Waals surface area contributed by atoms with Gasteiger partial charge in [0.05, 0.1) is 7.11 Å². The van der Waals surface area contributed by atoms with Crippen LogP contribution in [0.3, 0.4) is 0 Å². The first-order chi connectivity index (χ1) is 13.5. The molecule has 0 saturated heterocycles. The summed E-state index contributed by atoms with van der Waals surface area (Å²) in [5.41, 5.74) is 1.48. The average molecular weight is 375 g/mol. The number of amides is 1. The van der Waals surface area contributed by atoms with Crippen LogP contribution in [-0.4, -0.2) is 25.1 Å². The summed E-state index contributed by atoms with van der Waals surface area (Å²) in [5, 5.41) is 4.88. The van der Waals surface area contributed by atoms with E-state index in [1.165, 1.54) is 13.0 Å². The van der Waals surface area contributed by atoms with Crippen molar-refractivity contribution in [1.29, 1.82) is 0 Å². The lowest BCUT2D eigenvalue weighted by Crippen LogP contribution is -2.29. The molecule has 3 aromatic rings. The Bertz CT molecular complexity index is 1010. The molecular formula is C23H21NO4. The van der Waals surface area contributed by atoms with Crippen molar-refractivity contribution in [3.63, 3.8) is 0 Å². The van der Waals surface area contributed by atoms with Gasteiger partial charge in [-0.3, -0.25) is 4.79 Å². The second-order valence-electron chi connectivity index (χ2n) is 6.24. The van der Waals surface area contributed by atoms with Crippen LogP contribution in [0.1, 0.15) is 12.5 Å². The Balaban J connectivity index is 1.56. The largest absolute Gasteiger partial charge is 0.497 e. The molecule has 0 heterocycles. The molecule has 0 saturated carbocycles. The van der Waals surface area contributed by atoms with E-state index in [-0.39, 0.29) is 5.91 Å². The molecule has 1 N–H and O–H groups in total. The molecule has 0 radical (unpaired) electrons. The first-order valence-corrected chi connectivity index (χ1v) is 8.87. The highest BCUT2D eigenvalue weighted by Gasteiger charge is 2.16. The Kier molecular flexibility index (Phi) is 6.07. The Labute approximate surface area is 163 Å². The molecule has 0 spiro atoms. The number of hydrogen-bond acceptors (Lipinski definition) is 4. The quantitative estimate of drug-likeness (QED) is 0.511. The molecule has 5 nitrogen and oxygen atoms in total. The minimum atomic E-state index is -0.917. The van der Waals surface area contributed by atoms with Crippen LogP contribution in [0, 0.1) is 0 Å². The third-order valence-electron chi connectivity index (χ3n) is 4.21. The summed E-state index contributed by atoms with van der Waals surface area (Å²) in [6.45, 7) is 1.54. The molecule has 0 unspecified atom stereocenters. The number of methoxy groups -OCH3 is 1. The van der Waals surface area contributed by atoms with Crippen LogP contribution >= 0.6 is 0 Å². The van der Waals surface area contributed by atoms with E-state index in [0.29, 0.717) is 5.69 Å². The zero-order valence-electron chi connectivity index (χ0n) is 15.7. The minimum Gasteiger partial charge on any atom is -0.497 e. The van der Waals surface area contributed by atoms with E-state index < -0.39 is 12.1 Å². The van der Waals surface area contributed by atoms with Crippen LogP contribution in [0.4, 0.5) is 5.69 Å². The highest BCUT2D eigenvalue weighted by atomic mass is 16.5. The molecule has 28 heavy (non-hydrogen) atoms. The van der Waals surface area contributed by atoms with Crippen molar-refractivity contribution in [1.82, 2.24) is 0 Å². The molecule has 1 amide bonds. The van der Waals surface area contributed by atoms with Gasteiger partial charge in [0.1, 0.15) is 5.75 Å². The lowest BCUT2D eigenvalue weighted by molar-refractivity contribution is -0.148. The van der Waals surface area contributed by atoms with Crippen LogP contribution in [-0.2, 0) is 14.3 Å². The number of rotatable bonds is 6. The molecule has 0 aromatic heterocycles. The lowest BCUT2D eigenvalue weighted by Gasteiger charge is -2.13. The molecule has 3 rings (SSSR count). The van der Waals surface area contributed by atoms with Gasteiger partial charge in [0.2, 0.25) is 0 Å². The monoisotopic (exact) mass is 375 g/mol. The van der Waals surface area contributed by atoms with Gasteiger partial charge in [-0.15, -0.1) is 0 Å². The molecule has 0 bridgehead atoms. The summed E-state index contributed by atoms with van der Waals surface area (Å²) >= 11 is 0. The maximum atomic E-state index is 12.3. The molecule has 5 heteroatoms. The third-order valence-corrected chi connectivity index (χ3v) is 4.21. The van der Waals surface area contributed by atoms with Crippen LogP contribution < -0.4 is 10.1 Å². The van der Waals surface area contributed by atoms with E-state index in [4.69, 9.17) is 9.47 Å². The molecule has 142 valence electrons. The summed E-state index contributed by atoms with van der Waals surface area (Å²) < 4.78 is 10.3. The fourth-order valence-electron chi connectivity index (χ4n) is 2.66. The molecule has 0 aliphatic carbocycles. The topological polar surface area (TPSA) is 64.6 Å². The SMILES string of the molecule is COc1ccc(/C=C/C(=O)O[C@H](C)C(=O)Nc2ccc3ccccc3c2)cc1. The number of fused-ring (bicyclic) bond motifs is 1. The maximum Gasteiger partial charge on any atom is 0.331 e. The van der Waals surface area contributed by atoms with Crippen LogP contribution in [0.2, 0.25) is 0 Å². The maximum absolute atomic E-state index is 12.3. The summed E-state index contributed by atoms with van der Waals surface area (Å²) in [4.78, 5) is 24.3. The predicted octanol–water partition coefficient (Wildman–Crippen LogP) is 4.43. The van der Waals surface area contributed by atoms with Crippen molar-refractivity contribution in [3.05, 3.63) is 78.4 Å². The van der Waals surface area contributed by atoms with Crippen molar-refractivity contribution in [2.75, 3.05) is 12.4 Å². The number of anilines is 1. The van der Waals surface area contributed by atoms with Gasteiger partial charge in [-0.05, 0) is 53.6 Å². The number of carbonyl (C=O) groups is 2. The summed E-state index contributed by atoms with van der Waals surface area (Å²) in [6.07, 6.45) is 2.00. The fraction of sp³-hybridized carbons (Fsp3) is 0.130. The summed E-state index contributed by atoms with van der Waals surface area (Å²) in [7, 11) is 1.59. The lowest BCUT2D eigenvalue weighted by atomic mass is 10.1. The predicted molar refractivity (Wildman–Crippen MR) is 110 cm³/mol. The summed E-state index contributed by atoms with van der Waals surface area (Å²) in [6, 6.07) is 20.7. The van der Waals surface area contributed by atoms with Gasteiger partial charge in [0.15, 0.2) is 6.10 Å². The molecule has 3 aromatic carbocycles. The van der Waals surface area contributed by atoms with Gasteiger partial charge >= 0.3 is 5.97 Å².